The minimum atomic E-state index is -5.84. The molecule has 1 aliphatic carbocycles. The molecule has 0 aromatic heterocycles. The second-order valence-corrected chi connectivity index (χ2v) is 12.2. The minimum Gasteiger partial charge on any atom is -0.457 e. The minimum absolute atomic E-state index is 0.124. The summed E-state index contributed by atoms with van der Waals surface area (Å²) in [5.41, 5.74) is -0.534. The first-order chi connectivity index (χ1) is 24.2. The summed E-state index contributed by atoms with van der Waals surface area (Å²) in [6.07, 6.45) is -14.9. The SMILES string of the molecule is CC1(C)C(/C=C\C(=O)OC(C(F)(F)F)C(F)(F)F)C1C(=O)OC(C#N)c1cccc(Oc2ccccc2)c1.CNC(=O)ON=C(SC)C(=O)N(C)C. The molecule has 3 rings (SSSR count). The number of nitriles is 1. The Morgan fingerprint density at radius 2 is 1.58 bits per heavy atom. The molecule has 0 saturated heterocycles. The average Bonchev–Trinajstić information content (AvgIpc) is 3.64. The molecular formula is C33H34F6N4O8S. The van der Waals surface area contributed by atoms with Gasteiger partial charge < -0.3 is 24.4 Å². The van der Waals surface area contributed by atoms with Gasteiger partial charge in [0.2, 0.25) is 11.1 Å². The van der Waals surface area contributed by atoms with Gasteiger partial charge in [-0.1, -0.05) is 55.4 Å². The van der Waals surface area contributed by atoms with Crippen LogP contribution < -0.4 is 10.1 Å². The Bertz CT molecular complexity index is 1660. The number of amides is 2. The van der Waals surface area contributed by atoms with E-state index in [9.17, 15) is 50.8 Å². The largest absolute Gasteiger partial charge is 0.457 e. The molecule has 2 aromatic rings. The topological polar surface area (TPSA) is 157 Å². The van der Waals surface area contributed by atoms with Crippen LogP contribution in [-0.4, -0.2) is 79.7 Å². The molecule has 2 aromatic carbocycles. The lowest BCUT2D eigenvalue weighted by Gasteiger charge is -2.22. The Morgan fingerprint density at radius 3 is 2.10 bits per heavy atom. The van der Waals surface area contributed by atoms with Crippen molar-refractivity contribution in [3.63, 3.8) is 0 Å². The van der Waals surface area contributed by atoms with Crippen LogP contribution in [0.1, 0.15) is 25.5 Å². The van der Waals surface area contributed by atoms with Gasteiger partial charge in [-0.25, -0.2) is 9.59 Å². The van der Waals surface area contributed by atoms with Crippen molar-refractivity contribution in [3.05, 3.63) is 72.3 Å². The van der Waals surface area contributed by atoms with Crippen molar-refractivity contribution in [2.75, 3.05) is 27.4 Å². The molecule has 0 spiro atoms. The second kappa shape index (κ2) is 18.3. The van der Waals surface area contributed by atoms with E-state index >= 15 is 0 Å². The molecule has 1 aliphatic rings. The van der Waals surface area contributed by atoms with E-state index in [4.69, 9.17) is 9.47 Å². The van der Waals surface area contributed by atoms with E-state index < -0.39 is 59.8 Å². The fraction of sp³-hybridized carbons (Fsp3) is 0.394. The van der Waals surface area contributed by atoms with E-state index in [1.807, 2.05) is 6.07 Å². The van der Waals surface area contributed by atoms with E-state index in [1.165, 1.54) is 18.0 Å². The summed E-state index contributed by atoms with van der Waals surface area (Å²) in [5.74, 6) is -3.75. The summed E-state index contributed by atoms with van der Waals surface area (Å²) < 4.78 is 90.2. The number of hydrogen-bond donors (Lipinski definition) is 1. The summed E-state index contributed by atoms with van der Waals surface area (Å²) >= 11 is 1.11. The number of para-hydroxylation sites is 1. The highest BCUT2D eigenvalue weighted by molar-refractivity contribution is 8.15. The Hall–Kier alpha value is -5.25. The second-order valence-electron chi connectivity index (χ2n) is 11.4. The molecule has 1 saturated carbocycles. The first-order valence-electron chi connectivity index (χ1n) is 14.8. The predicted molar refractivity (Wildman–Crippen MR) is 174 cm³/mol. The van der Waals surface area contributed by atoms with Crippen molar-refractivity contribution in [2.24, 2.45) is 22.4 Å². The summed E-state index contributed by atoms with van der Waals surface area (Å²) in [4.78, 5) is 52.2. The Balaban J connectivity index is 0.000000565. The van der Waals surface area contributed by atoms with Gasteiger partial charge in [-0.2, -0.15) is 31.6 Å². The van der Waals surface area contributed by atoms with E-state index in [2.05, 4.69) is 20.0 Å². The Kier molecular flexibility index (Phi) is 15.1. The van der Waals surface area contributed by atoms with Crippen molar-refractivity contribution in [1.82, 2.24) is 10.2 Å². The van der Waals surface area contributed by atoms with Crippen LogP contribution in [0.3, 0.4) is 0 Å². The Morgan fingerprint density at radius 1 is 0.981 bits per heavy atom. The number of halogens is 6. The Labute approximate surface area is 298 Å². The molecule has 3 atom stereocenters. The van der Waals surface area contributed by atoms with Crippen molar-refractivity contribution in [2.45, 2.75) is 38.4 Å². The van der Waals surface area contributed by atoms with Gasteiger partial charge >= 0.3 is 30.4 Å². The lowest BCUT2D eigenvalue weighted by Crippen LogP contribution is -2.45. The van der Waals surface area contributed by atoms with Crippen LogP contribution >= 0.6 is 11.8 Å². The molecule has 0 heterocycles. The highest BCUT2D eigenvalue weighted by atomic mass is 32.2. The molecule has 282 valence electrons. The van der Waals surface area contributed by atoms with Gasteiger partial charge in [0.05, 0.1) is 5.92 Å². The molecule has 3 unspecified atom stereocenters. The number of benzene rings is 2. The van der Waals surface area contributed by atoms with E-state index in [1.54, 1.807) is 82.7 Å². The zero-order chi connectivity index (χ0) is 39.4. The molecule has 19 heteroatoms. The highest BCUT2D eigenvalue weighted by Gasteiger charge is 2.62. The third-order valence-corrected chi connectivity index (χ3v) is 7.76. The van der Waals surface area contributed by atoms with Gasteiger partial charge in [-0.3, -0.25) is 14.4 Å². The number of thioether (sulfide) groups is 1. The van der Waals surface area contributed by atoms with Crippen molar-refractivity contribution < 1.29 is 64.6 Å². The molecule has 1 fully saturated rings. The number of nitrogens with one attached hydrogen (secondary N) is 1. The van der Waals surface area contributed by atoms with Crippen molar-refractivity contribution >= 4 is 40.7 Å². The van der Waals surface area contributed by atoms with Gasteiger partial charge in [0.25, 0.3) is 12.0 Å². The molecule has 12 nitrogen and oxygen atoms in total. The number of alkyl halides is 6. The number of rotatable bonds is 9. The number of ether oxygens (including phenoxy) is 3. The lowest BCUT2D eigenvalue weighted by atomic mass is 10.1. The normalized spacial score (nSPS) is 17.1. The fourth-order valence-electron chi connectivity index (χ4n) is 4.35. The third-order valence-electron chi connectivity index (χ3n) is 7.12. The highest BCUT2D eigenvalue weighted by Crippen LogP contribution is 2.59. The molecule has 52 heavy (non-hydrogen) atoms. The standard InChI is InChI=1S/C26H21F6NO5.C7H13N3O3S/c1-24(2)18(11-12-20(34)38-23(25(27,28)29)26(30,31)32)21(24)22(35)37-19(14-33)15-7-6-10-17(13-15)36-16-8-4-3-5-9-16;1-8-7(12)13-9-5(14-4)6(11)10(2)3/h3-13,18-19,21,23H,1-2H3;1-4H3,(H,8,12)/b12-11-;. The predicted octanol–water partition coefficient (Wildman–Crippen LogP) is 6.56. The number of esters is 2. The van der Waals surface area contributed by atoms with Crippen LogP contribution in [0.4, 0.5) is 31.1 Å². The maximum Gasteiger partial charge on any atom is 0.434 e. The third kappa shape index (κ3) is 12.5. The van der Waals surface area contributed by atoms with Crippen LogP contribution in [0.5, 0.6) is 11.5 Å². The first-order valence-corrected chi connectivity index (χ1v) is 16.1. The summed E-state index contributed by atoms with van der Waals surface area (Å²) in [6.45, 7) is 3.17. The van der Waals surface area contributed by atoms with Gasteiger partial charge in [-0.15, -0.1) is 11.8 Å². The molecule has 1 N–H and O–H groups in total. The maximum absolute atomic E-state index is 12.8. The molecule has 0 aliphatic heterocycles. The van der Waals surface area contributed by atoms with Gasteiger partial charge in [0.1, 0.15) is 17.6 Å². The number of allylic oxidation sites excluding steroid dienone is 1. The van der Waals surface area contributed by atoms with Gasteiger partial charge in [-0.05, 0) is 41.9 Å². The van der Waals surface area contributed by atoms with Crippen molar-refractivity contribution in [3.8, 4) is 17.6 Å². The van der Waals surface area contributed by atoms with E-state index in [0.717, 1.165) is 17.8 Å². The molecule has 0 bridgehead atoms. The number of nitrogens with zero attached hydrogens (tertiary/aromatic N) is 3. The monoisotopic (exact) mass is 760 g/mol. The van der Waals surface area contributed by atoms with Crippen LogP contribution in [0.25, 0.3) is 0 Å². The van der Waals surface area contributed by atoms with Crippen LogP contribution in [0.2, 0.25) is 0 Å². The number of hydrogen-bond acceptors (Lipinski definition) is 11. The maximum atomic E-state index is 12.8. The molecule has 2 amide bonds. The summed E-state index contributed by atoms with van der Waals surface area (Å²) in [5, 5.41) is 15.3. The smallest absolute Gasteiger partial charge is 0.434 e. The number of oxime groups is 1. The summed E-state index contributed by atoms with van der Waals surface area (Å²) in [6, 6.07) is 16.9. The van der Waals surface area contributed by atoms with Gasteiger partial charge in [0.15, 0.2) is 0 Å². The number of carbonyl (C=O) groups is 4. The van der Waals surface area contributed by atoms with Crippen molar-refractivity contribution in [1.29, 1.82) is 5.26 Å². The molecular weight excluding hydrogens is 726 g/mol. The lowest BCUT2D eigenvalue weighted by molar-refractivity contribution is -0.312. The summed E-state index contributed by atoms with van der Waals surface area (Å²) in [7, 11) is 4.59. The van der Waals surface area contributed by atoms with Crippen LogP contribution in [0, 0.1) is 28.6 Å². The van der Waals surface area contributed by atoms with E-state index in [0.29, 0.717) is 23.1 Å². The fourth-order valence-corrected chi connectivity index (χ4v) is 4.82. The first kappa shape index (κ1) is 42.9. The zero-order valence-electron chi connectivity index (χ0n) is 28.4. The zero-order valence-corrected chi connectivity index (χ0v) is 29.3. The quantitative estimate of drug-likeness (QED) is 0.0565. The number of carbonyl (C=O) groups excluding carboxylic acids is 4. The van der Waals surface area contributed by atoms with E-state index in [-0.39, 0.29) is 11.0 Å². The average molecular weight is 761 g/mol. The van der Waals surface area contributed by atoms with Crippen LogP contribution in [-0.2, 0) is 28.7 Å². The molecule has 0 radical (unpaired) electrons. The van der Waals surface area contributed by atoms with Crippen LogP contribution in [0.15, 0.2) is 71.9 Å². The van der Waals surface area contributed by atoms with Gasteiger partial charge in [0, 0.05) is 32.8 Å².